The summed E-state index contributed by atoms with van der Waals surface area (Å²) in [6.07, 6.45) is 2.84. The van der Waals surface area contributed by atoms with Crippen LogP contribution in [0.2, 0.25) is 0 Å². The maximum atomic E-state index is 5.23. The molecule has 0 aromatic carbocycles. The second kappa shape index (κ2) is 6.32. The summed E-state index contributed by atoms with van der Waals surface area (Å²) in [5, 5.41) is 3.20. The second-order valence-electron chi connectivity index (χ2n) is 2.92. The lowest BCUT2D eigenvalue weighted by atomic mass is 10.4. The van der Waals surface area contributed by atoms with Crippen molar-refractivity contribution in [2.75, 3.05) is 18.5 Å². The molecule has 14 heavy (non-hydrogen) atoms. The van der Waals surface area contributed by atoms with E-state index in [0.29, 0.717) is 13.2 Å². The van der Waals surface area contributed by atoms with E-state index in [1.807, 2.05) is 13.0 Å². The standard InChI is InChI=1S/C10H17N3O/c1-3-6-11-9-5-7-12-10(13-9)8-14-4-2/h5,7H,3-4,6,8H2,1-2H3,(H,11,12,13). The summed E-state index contributed by atoms with van der Waals surface area (Å²) < 4.78 is 5.23. The maximum Gasteiger partial charge on any atom is 0.156 e. The Morgan fingerprint density at radius 1 is 1.43 bits per heavy atom. The fourth-order valence-electron chi connectivity index (χ4n) is 1.01. The predicted molar refractivity (Wildman–Crippen MR) is 56.1 cm³/mol. The van der Waals surface area contributed by atoms with Crippen molar-refractivity contribution < 1.29 is 4.74 Å². The normalized spacial score (nSPS) is 10.1. The van der Waals surface area contributed by atoms with Crippen molar-refractivity contribution in [1.29, 1.82) is 0 Å². The fourth-order valence-corrected chi connectivity index (χ4v) is 1.01. The molecule has 0 fully saturated rings. The smallest absolute Gasteiger partial charge is 0.156 e. The SMILES string of the molecule is CCCNc1ccnc(COCC)n1. The first kappa shape index (κ1) is 10.9. The minimum Gasteiger partial charge on any atom is -0.374 e. The molecule has 1 N–H and O–H groups in total. The van der Waals surface area contributed by atoms with Crippen molar-refractivity contribution in [3.63, 3.8) is 0 Å². The predicted octanol–water partition coefficient (Wildman–Crippen LogP) is 1.83. The highest BCUT2D eigenvalue weighted by atomic mass is 16.5. The van der Waals surface area contributed by atoms with Crippen LogP contribution in [0.15, 0.2) is 12.3 Å². The molecular formula is C10H17N3O. The van der Waals surface area contributed by atoms with Gasteiger partial charge in [-0.2, -0.15) is 0 Å². The molecule has 0 amide bonds. The molecule has 78 valence electrons. The van der Waals surface area contributed by atoms with E-state index in [0.717, 1.165) is 24.6 Å². The summed E-state index contributed by atoms with van der Waals surface area (Å²) in [5.74, 6) is 1.60. The molecule has 0 aliphatic heterocycles. The lowest BCUT2D eigenvalue weighted by molar-refractivity contribution is 0.128. The molecular weight excluding hydrogens is 178 g/mol. The van der Waals surface area contributed by atoms with Crippen molar-refractivity contribution in [3.05, 3.63) is 18.1 Å². The van der Waals surface area contributed by atoms with Gasteiger partial charge in [-0.05, 0) is 19.4 Å². The Morgan fingerprint density at radius 2 is 2.29 bits per heavy atom. The van der Waals surface area contributed by atoms with Gasteiger partial charge in [0.15, 0.2) is 5.82 Å². The van der Waals surface area contributed by atoms with Crippen LogP contribution in [0.3, 0.4) is 0 Å². The molecule has 0 aliphatic rings. The van der Waals surface area contributed by atoms with E-state index < -0.39 is 0 Å². The molecule has 1 rings (SSSR count). The first-order valence-corrected chi connectivity index (χ1v) is 5.00. The molecule has 0 radical (unpaired) electrons. The van der Waals surface area contributed by atoms with Crippen LogP contribution in [-0.4, -0.2) is 23.1 Å². The summed E-state index contributed by atoms with van der Waals surface area (Å²) in [7, 11) is 0. The van der Waals surface area contributed by atoms with Gasteiger partial charge in [0.05, 0.1) is 0 Å². The molecule has 1 aromatic heterocycles. The Morgan fingerprint density at radius 3 is 3.00 bits per heavy atom. The molecule has 0 bridgehead atoms. The highest BCUT2D eigenvalue weighted by Crippen LogP contribution is 2.02. The van der Waals surface area contributed by atoms with E-state index in [1.54, 1.807) is 6.20 Å². The van der Waals surface area contributed by atoms with E-state index in [-0.39, 0.29) is 0 Å². The van der Waals surface area contributed by atoms with Crippen LogP contribution in [0.5, 0.6) is 0 Å². The van der Waals surface area contributed by atoms with Gasteiger partial charge in [0.1, 0.15) is 12.4 Å². The Hall–Kier alpha value is -1.16. The molecule has 0 spiro atoms. The van der Waals surface area contributed by atoms with Gasteiger partial charge in [-0.15, -0.1) is 0 Å². The Bertz CT molecular complexity index is 242. The van der Waals surface area contributed by atoms with Crippen LogP contribution in [0.4, 0.5) is 5.82 Å². The molecule has 1 heterocycles. The molecule has 4 heteroatoms. The minimum absolute atomic E-state index is 0.484. The van der Waals surface area contributed by atoms with E-state index in [1.165, 1.54) is 0 Å². The van der Waals surface area contributed by atoms with Gasteiger partial charge in [-0.1, -0.05) is 6.92 Å². The van der Waals surface area contributed by atoms with Crippen molar-refractivity contribution in [3.8, 4) is 0 Å². The first-order valence-electron chi connectivity index (χ1n) is 5.00. The zero-order valence-corrected chi connectivity index (χ0v) is 8.79. The van der Waals surface area contributed by atoms with E-state index in [2.05, 4.69) is 22.2 Å². The summed E-state index contributed by atoms with van der Waals surface area (Å²) in [6.45, 7) is 6.19. The third-order valence-electron chi connectivity index (χ3n) is 1.70. The van der Waals surface area contributed by atoms with Crippen LogP contribution in [0, 0.1) is 0 Å². The number of aromatic nitrogens is 2. The minimum atomic E-state index is 0.484. The number of anilines is 1. The zero-order valence-electron chi connectivity index (χ0n) is 8.79. The first-order chi connectivity index (χ1) is 6.86. The number of hydrogen-bond donors (Lipinski definition) is 1. The van der Waals surface area contributed by atoms with Gasteiger partial charge < -0.3 is 10.1 Å². The largest absolute Gasteiger partial charge is 0.374 e. The monoisotopic (exact) mass is 195 g/mol. The Balaban J connectivity index is 2.50. The van der Waals surface area contributed by atoms with E-state index in [4.69, 9.17) is 4.74 Å². The number of nitrogens with one attached hydrogen (secondary N) is 1. The number of hydrogen-bond acceptors (Lipinski definition) is 4. The van der Waals surface area contributed by atoms with Gasteiger partial charge in [-0.25, -0.2) is 9.97 Å². The van der Waals surface area contributed by atoms with Crippen LogP contribution >= 0.6 is 0 Å². The molecule has 0 saturated heterocycles. The molecule has 1 aromatic rings. The number of ether oxygens (including phenoxy) is 1. The summed E-state index contributed by atoms with van der Waals surface area (Å²) in [6, 6.07) is 1.87. The topological polar surface area (TPSA) is 47.0 Å². The molecule has 4 nitrogen and oxygen atoms in total. The third-order valence-corrected chi connectivity index (χ3v) is 1.70. The van der Waals surface area contributed by atoms with Crippen molar-refractivity contribution in [2.24, 2.45) is 0 Å². The van der Waals surface area contributed by atoms with Gasteiger partial charge in [0, 0.05) is 19.3 Å². The van der Waals surface area contributed by atoms with Gasteiger partial charge >= 0.3 is 0 Å². The number of nitrogens with zero attached hydrogens (tertiary/aromatic N) is 2. The van der Waals surface area contributed by atoms with Gasteiger partial charge in [0.25, 0.3) is 0 Å². The van der Waals surface area contributed by atoms with Gasteiger partial charge in [-0.3, -0.25) is 0 Å². The Kier molecular flexibility index (Phi) is 4.93. The van der Waals surface area contributed by atoms with Crippen molar-refractivity contribution >= 4 is 5.82 Å². The van der Waals surface area contributed by atoms with Crippen LogP contribution in [0.1, 0.15) is 26.1 Å². The van der Waals surface area contributed by atoms with Crippen LogP contribution in [0.25, 0.3) is 0 Å². The van der Waals surface area contributed by atoms with Crippen molar-refractivity contribution in [1.82, 2.24) is 9.97 Å². The summed E-state index contributed by atoms with van der Waals surface area (Å²) in [4.78, 5) is 8.41. The van der Waals surface area contributed by atoms with E-state index >= 15 is 0 Å². The van der Waals surface area contributed by atoms with Crippen molar-refractivity contribution in [2.45, 2.75) is 26.9 Å². The molecule has 0 saturated carbocycles. The quantitative estimate of drug-likeness (QED) is 0.752. The molecule has 0 aliphatic carbocycles. The summed E-state index contributed by atoms with van der Waals surface area (Å²) >= 11 is 0. The van der Waals surface area contributed by atoms with E-state index in [9.17, 15) is 0 Å². The lowest BCUT2D eigenvalue weighted by Crippen LogP contribution is -2.05. The maximum absolute atomic E-state index is 5.23. The summed E-state index contributed by atoms with van der Waals surface area (Å²) in [5.41, 5.74) is 0. The molecule has 0 unspecified atom stereocenters. The Labute approximate surface area is 84.7 Å². The van der Waals surface area contributed by atoms with Crippen LogP contribution in [-0.2, 0) is 11.3 Å². The fraction of sp³-hybridized carbons (Fsp3) is 0.600. The van der Waals surface area contributed by atoms with Crippen LogP contribution < -0.4 is 5.32 Å². The average Bonchev–Trinajstić information content (AvgIpc) is 2.24. The van der Waals surface area contributed by atoms with Gasteiger partial charge in [0.2, 0.25) is 0 Å². The highest BCUT2D eigenvalue weighted by molar-refractivity contribution is 5.32. The highest BCUT2D eigenvalue weighted by Gasteiger charge is 1.97. The molecule has 0 atom stereocenters. The average molecular weight is 195 g/mol. The third kappa shape index (κ3) is 3.70. The zero-order chi connectivity index (χ0) is 10.2. The lowest BCUT2D eigenvalue weighted by Gasteiger charge is -2.05. The second-order valence-corrected chi connectivity index (χ2v) is 2.92. The number of rotatable bonds is 6.